The number of anilines is 1. The number of nitrogens with two attached hydrogens (primary N) is 1. The number of hydrogen-bond acceptors (Lipinski definition) is 5. The fourth-order valence-electron chi connectivity index (χ4n) is 3.55. The van der Waals surface area contributed by atoms with Gasteiger partial charge in [-0.2, -0.15) is 5.10 Å². The van der Waals surface area contributed by atoms with Crippen LogP contribution in [0.25, 0.3) is 5.52 Å². The maximum atomic E-state index is 12.7. The molecule has 1 aromatic carbocycles. The molecule has 0 bridgehead atoms. The summed E-state index contributed by atoms with van der Waals surface area (Å²) in [5.41, 5.74) is 8.36. The number of piperidine rings is 1. The first-order chi connectivity index (χ1) is 12.5. The van der Waals surface area contributed by atoms with Crippen LogP contribution in [-0.2, 0) is 13.5 Å². The van der Waals surface area contributed by atoms with E-state index in [0.29, 0.717) is 17.0 Å². The van der Waals surface area contributed by atoms with E-state index < -0.39 is 0 Å². The number of aromatic nitrogens is 4. The van der Waals surface area contributed by atoms with Crippen LogP contribution in [0.15, 0.2) is 35.4 Å². The molecule has 0 radical (unpaired) electrons. The summed E-state index contributed by atoms with van der Waals surface area (Å²) >= 11 is 6.37. The highest BCUT2D eigenvalue weighted by Crippen LogP contribution is 2.29. The van der Waals surface area contributed by atoms with Gasteiger partial charge in [-0.25, -0.2) is 9.20 Å². The second-order valence-corrected chi connectivity index (χ2v) is 7.18. The topological polar surface area (TPSA) is 81.5 Å². The zero-order chi connectivity index (χ0) is 18.3. The summed E-state index contributed by atoms with van der Waals surface area (Å²) in [7, 11) is 1.64. The number of benzene rings is 1. The molecule has 2 aromatic heterocycles. The summed E-state index contributed by atoms with van der Waals surface area (Å²) in [6.07, 6.45) is 4.12. The van der Waals surface area contributed by atoms with Gasteiger partial charge in [0.25, 0.3) is 5.56 Å². The number of nitrogens with zero attached hydrogens (tertiary/aromatic N) is 5. The Morgan fingerprint density at radius 1 is 1.33 bits per heavy atom. The molecule has 0 amide bonds. The maximum absolute atomic E-state index is 12.7. The highest BCUT2D eigenvalue weighted by Gasteiger charge is 2.25. The number of halogens is 2. The zero-order valence-corrected chi connectivity index (χ0v) is 16.6. The lowest BCUT2D eigenvalue weighted by Crippen LogP contribution is -2.43. The zero-order valence-electron chi connectivity index (χ0n) is 15.0. The van der Waals surface area contributed by atoms with Crippen molar-refractivity contribution in [1.29, 1.82) is 0 Å². The second kappa shape index (κ2) is 7.88. The predicted molar refractivity (Wildman–Crippen MR) is 109 cm³/mol. The first-order valence-electron chi connectivity index (χ1n) is 8.72. The molecule has 1 aliphatic rings. The van der Waals surface area contributed by atoms with Crippen LogP contribution >= 0.6 is 24.0 Å². The largest absolute Gasteiger partial charge is 0.353 e. The van der Waals surface area contributed by atoms with Gasteiger partial charge in [0.2, 0.25) is 0 Å². The van der Waals surface area contributed by atoms with Crippen molar-refractivity contribution < 1.29 is 0 Å². The molecule has 0 aliphatic carbocycles. The van der Waals surface area contributed by atoms with E-state index in [1.54, 1.807) is 17.9 Å². The lowest BCUT2D eigenvalue weighted by molar-refractivity contribution is 0.501. The van der Waals surface area contributed by atoms with Crippen molar-refractivity contribution in [2.75, 3.05) is 18.0 Å². The third-order valence-corrected chi connectivity index (χ3v) is 5.27. The van der Waals surface area contributed by atoms with Crippen molar-refractivity contribution in [3.63, 3.8) is 0 Å². The molecule has 0 saturated carbocycles. The molecular formula is C18H22Cl2N6O. The predicted octanol–water partition coefficient (Wildman–Crippen LogP) is 2.02. The third kappa shape index (κ3) is 3.67. The Bertz CT molecular complexity index is 1010. The Labute approximate surface area is 168 Å². The van der Waals surface area contributed by atoms with Crippen LogP contribution in [-0.4, -0.2) is 38.5 Å². The molecule has 1 atom stereocenters. The fraction of sp³-hybridized carbons (Fsp3) is 0.389. The normalized spacial score (nSPS) is 17.1. The highest BCUT2D eigenvalue weighted by molar-refractivity contribution is 6.31. The summed E-state index contributed by atoms with van der Waals surface area (Å²) in [6, 6.07) is 7.79. The first kappa shape index (κ1) is 19.7. The number of fused-ring (bicyclic) bond motifs is 1. The molecular weight excluding hydrogens is 387 g/mol. The molecule has 9 heteroatoms. The molecule has 4 rings (SSSR count). The molecule has 0 spiro atoms. The van der Waals surface area contributed by atoms with Gasteiger partial charge >= 0.3 is 0 Å². The Hall–Kier alpha value is -2.09. The molecule has 2 N–H and O–H groups in total. The Balaban J connectivity index is 0.00000210. The SMILES string of the molecule is Cl.Cn1ncn2nc(N3CCC[C@@H](N)C3)c(Cc3ccccc3Cl)c2c1=O. The Kier molecular flexibility index (Phi) is 5.74. The van der Waals surface area contributed by atoms with Crippen LogP contribution in [0.2, 0.25) is 5.02 Å². The Morgan fingerprint density at radius 2 is 2.11 bits per heavy atom. The van der Waals surface area contributed by atoms with Crippen molar-refractivity contribution in [2.24, 2.45) is 12.8 Å². The number of aryl methyl sites for hydroxylation is 1. The van der Waals surface area contributed by atoms with Gasteiger partial charge in [-0.05, 0) is 24.5 Å². The summed E-state index contributed by atoms with van der Waals surface area (Å²) in [5.74, 6) is 0.796. The minimum atomic E-state index is -0.172. The molecule has 1 saturated heterocycles. The fourth-order valence-corrected chi connectivity index (χ4v) is 3.75. The van der Waals surface area contributed by atoms with Crippen LogP contribution in [0.5, 0.6) is 0 Å². The molecule has 144 valence electrons. The van der Waals surface area contributed by atoms with Gasteiger partial charge in [-0.15, -0.1) is 17.5 Å². The van der Waals surface area contributed by atoms with E-state index in [4.69, 9.17) is 17.3 Å². The first-order valence-corrected chi connectivity index (χ1v) is 9.10. The summed E-state index contributed by atoms with van der Waals surface area (Å²) in [4.78, 5) is 14.9. The summed E-state index contributed by atoms with van der Waals surface area (Å²) in [6.45, 7) is 1.61. The average molecular weight is 409 g/mol. The van der Waals surface area contributed by atoms with Gasteiger partial charge < -0.3 is 10.6 Å². The van der Waals surface area contributed by atoms with Crippen molar-refractivity contribution >= 4 is 35.3 Å². The van der Waals surface area contributed by atoms with E-state index in [9.17, 15) is 4.79 Å². The van der Waals surface area contributed by atoms with Gasteiger partial charge in [0.05, 0.1) is 0 Å². The van der Waals surface area contributed by atoms with E-state index in [0.717, 1.165) is 42.9 Å². The van der Waals surface area contributed by atoms with Crippen LogP contribution in [0.4, 0.5) is 5.82 Å². The molecule has 3 aromatic rings. The van der Waals surface area contributed by atoms with Crippen molar-refractivity contribution in [2.45, 2.75) is 25.3 Å². The summed E-state index contributed by atoms with van der Waals surface area (Å²) in [5, 5.41) is 9.43. The van der Waals surface area contributed by atoms with Crippen LogP contribution in [0.3, 0.4) is 0 Å². The van der Waals surface area contributed by atoms with Crippen LogP contribution < -0.4 is 16.2 Å². The molecule has 27 heavy (non-hydrogen) atoms. The van der Waals surface area contributed by atoms with Crippen LogP contribution in [0, 0.1) is 0 Å². The molecule has 3 heterocycles. The lowest BCUT2D eigenvalue weighted by atomic mass is 10.0. The molecule has 7 nitrogen and oxygen atoms in total. The van der Waals surface area contributed by atoms with Crippen LogP contribution in [0.1, 0.15) is 24.0 Å². The van der Waals surface area contributed by atoms with E-state index in [1.165, 1.54) is 4.68 Å². The monoisotopic (exact) mass is 408 g/mol. The van der Waals surface area contributed by atoms with Gasteiger partial charge in [0.1, 0.15) is 11.8 Å². The van der Waals surface area contributed by atoms with Crippen molar-refractivity contribution in [3.05, 3.63) is 57.1 Å². The van der Waals surface area contributed by atoms with Gasteiger partial charge in [-0.1, -0.05) is 29.8 Å². The highest BCUT2D eigenvalue weighted by atomic mass is 35.5. The van der Waals surface area contributed by atoms with Gasteiger partial charge in [0.15, 0.2) is 5.82 Å². The minimum Gasteiger partial charge on any atom is -0.353 e. The van der Waals surface area contributed by atoms with E-state index in [1.807, 2.05) is 24.3 Å². The van der Waals surface area contributed by atoms with Crippen molar-refractivity contribution in [3.8, 4) is 0 Å². The van der Waals surface area contributed by atoms with Crippen molar-refractivity contribution in [1.82, 2.24) is 19.4 Å². The van der Waals surface area contributed by atoms with E-state index in [2.05, 4.69) is 15.1 Å². The quantitative estimate of drug-likeness (QED) is 0.716. The van der Waals surface area contributed by atoms with Gasteiger partial charge in [-0.3, -0.25) is 4.79 Å². The maximum Gasteiger partial charge on any atom is 0.292 e. The summed E-state index contributed by atoms with van der Waals surface area (Å²) < 4.78 is 2.91. The Morgan fingerprint density at radius 3 is 2.85 bits per heavy atom. The van der Waals surface area contributed by atoms with E-state index in [-0.39, 0.29) is 24.0 Å². The minimum absolute atomic E-state index is 0. The third-order valence-electron chi connectivity index (χ3n) is 4.90. The smallest absolute Gasteiger partial charge is 0.292 e. The standard InChI is InChI=1S/C18H21ClN6O.ClH/c1-23-18(26)16-14(9-12-5-2-3-7-15(12)19)17(22-25(16)11-21-23)24-8-4-6-13(20)10-24;/h2-3,5,7,11,13H,4,6,8-10,20H2,1H3;1H/t13-;/m1./s1. The number of hydrogen-bond donors (Lipinski definition) is 1. The lowest BCUT2D eigenvalue weighted by Gasteiger charge is -2.31. The molecule has 1 fully saturated rings. The average Bonchev–Trinajstić information content (AvgIpc) is 2.99. The molecule has 1 aliphatic heterocycles. The number of rotatable bonds is 3. The van der Waals surface area contributed by atoms with Gasteiger partial charge in [0, 0.05) is 43.2 Å². The van der Waals surface area contributed by atoms with E-state index >= 15 is 0 Å². The molecule has 0 unspecified atom stereocenters. The second-order valence-electron chi connectivity index (χ2n) is 6.77.